The van der Waals surface area contributed by atoms with Crippen molar-refractivity contribution in [1.82, 2.24) is 0 Å². The van der Waals surface area contributed by atoms with Crippen molar-refractivity contribution >= 4 is 16.5 Å². The minimum atomic E-state index is -0.0647. The van der Waals surface area contributed by atoms with Crippen LogP contribution >= 0.6 is 0 Å². The molecule has 2 N–H and O–H groups in total. The van der Waals surface area contributed by atoms with E-state index in [1.165, 1.54) is 44.2 Å². The number of rotatable bonds is 2. The monoisotopic (exact) mass is 413 g/mol. The molecule has 0 bridgehead atoms. The lowest BCUT2D eigenvalue weighted by Crippen LogP contribution is -2.15. The van der Waals surface area contributed by atoms with E-state index in [0.29, 0.717) is 5.92 Å². The van der Waals surface area contributed by atoms with Crippen LogP contribution in [0.2, 0.25) is 0 Å². The van der Waals surface area contributed by atoms with Crippen molar-refractivity contribution in [2.75, 3.05) is 5.73 Å². The molecule has 4 aromatic rings. The fourth-order valence-corrected chi connectivity index (χ4v) is 5.74. The first-order chi connectivity index (χ1) is 15.6. The van der Waals surface area contributed by atoms with Gasteiger partial charge in [-0.05, 0) is 68.8 Å². The van der Waals surface area contributed by atoms with Crippen LogP contribution in [0.3, 0.4) is 0 Å². The molecule has 0 heterocycles. The number of benzene rings is 4. The van der Waals surface area contributed by atoms with Crippen LogP contribution in [-0.2, 0) is 5.41 Å². The van der Waals surface area contributed by atoms with Gasteiger partial charge in [0.1, 0.15) is 0 Å². The van der Waals surface area contributed by atoms with Crippen molar-refractivity contribution < 1.29 is 0 Å². The van der Waals surface area contributed by atoms with Gasteiger partial charge in [-0.3, -0.25) is 0 Å². The molecular formula is C31H27N. The molecule has 2 aliphatic carbocycles. The van der Waals surface area contributed by atoms with E-state index >= 15 is 0 Å². The van der Waals surface area contributed by atoms with Crippen LogP contribution in [0.25, 0.3) is 33.0 Å². The van der Waals surface area contributed by atoms with Gasteiger partial charge < -0.3 is 5.73 Å². The summed E-state index contributed by atoms with van der Waals surface area (Å²) in [5, 5.41) is 2.61. The maximum atomic E-state index is 6.64. The van der Waals surface area contributed by atoms with Gasteiger partial charge in [0.15, 0.2) is 0 Å². The Hall–Kier alpha value is -3.58. The molecule has 156 valence electrons. The third kappa shape index (κ3) is 2.71. The fraction of sp³-hybridized carbons (Fsp3) is 0.161. The predicted molar refractivity (Wildman–Crippen MR) is 137 cm³/mol. The molecule has 1 unspecified atom stereocenters. The van der Waals surface area contributed by atoms with Gasteiger partial charge in [0.25, 0.3) is 0 Å². The lowest BCUT2D eigenvalue weighted by molar-refractivity contribution is 0.666. The molecule has 0 aliphatic heterocycles. The number of hydrogen-bond acceptors (Lipinski definition) is 1. The Bertz CT molecular complexity index is 1430. The second-order valence-corrected chi connectivity index (χ2v) is 9.57. The Balaban J connectivity index is 1.68. The van der Waals surface area contributed by atoms with E-state index in [4.69, 9.17) is 5.73 Å². The Morgan fingerprint density at radius 2 is 1.62 bits per heavy atom. The van der Waals surface area contributed by atoms with E-state index in [1.807, 2.05) is 0 Å². The van der Waals surface area contributed by atoms with Crippen molar-refractivity contribution in [1.29, 1.82) is 0 Å². The summed E-state index contributed by atoms with van der Waals surface area (Å²) in [4.78, 5) is 0. The average Bonchev–Trinajstić information content (AvgIpc) is 3.07. The molecule has 0 amide bonds. The highest BCUT2D eigenvalue weighted by Crippen LogP contribution is 2.55. The molecule has 4 aromatic carbocycles. The zero-order chi connectivity index (χ0) is 21.9. The maximum Gasteiger partial charge on any atom is 0.0394 e. The van der Waals surface area contributed by atoms with E-state index in [1.54, 1.807) is 0 Å². The molecular weight excluding hydrogens is 386 g/mol. The van der Waals surface area contributed by atoms with Gasteiger partial charge in [-0.15, -0.1) is 0 Å². The molecule has 2 aliphatic rings. The van der Waals surface area contributed by atoms with Gasteiger partial charge in [0, 0.05) is 22.6 Å². The number of anilines is 1. The van der Waals surface area contributed by atoms with Crippen LogP contribution in [0, 0.1) is 0 Å². The van der Waals surface area contributed by atoms with Crippen molar-refractivity contribution in [3.8, 4) is 22.3 Å². The summed E-state index contributed by atoms with van der Waals surface area (Å²) in [5.41, 5.74) is 16.6. The smallest absolute Gasteiger partial charge is 0.0394 e. The summed E-state index contributed by atoms with van der Waals surface area (Å²) in [6, 6.07) is 26.6. The zero-order valence-corrected chi connectivity index (χ0v) is 18.6. The molecule has 1 atom stereocenters. The average molecular weight is 414 g/mol. The SMILES string of the molecule is CC1(C)c2ccccc2-c2c(-c3cc(C4C=CC=CC4)ccc3N)cc3ccccc3c21. The number of hydrogen-bond donors (Lipinski definition) is 1. The normalized spacial score (nSPS) is 18.0. The van der Waals surface area contributed by atoms with E-state index in [0.717, 1.165) is 17.7 Å². The van der Waals surface area contributed by atoms with Crippen LogP contribution in [0.15, 0.2) is 97.1 Å². The molecule has 0 radical (unpaired) electrons. The lowest BCUT2D eigenvalue weighted by Gasteiger charge is -2.24. The van der Waals surface area contributed by atoms with E-state index in [2.05, 4.69) is 111 Å². The maximum absolute atomic E-state index is 6.64. The highest BCUT2D eigenvalue weighted by Gasteiger charge is 2.38. The third-order valence-corrected chi connectivity index (χ3v) is 7.32. The van der Waals surface area contributed by atoms with Gasteiger partial charge in [0.05, 0.1) is 0 Å². The molecule has 1 heteroatoms. The first-order valence-electron chi connectivity index (χ1n) is 11.4. The van der Waals surface area contributed by atoms with Gasteiger partial charge in [-0.1, -0.05) is 92.7 Å². The molecule has 6 rings (SSSR count). The van der Waals surface area contributed by atoms with Crippen molar-refractivity contribution in [2.24, 2.45) is 0 Å². The Kier molecular flexibility index (Phi) is 4.16. The van der Waals surface area contributed by atoms with Crippen molar-refractivity contribution in [3.63, 3.8) is 0 Å². The molecule has 0 saturated heterocycles. The third-order valence-electron chi connectivity index (χ3n) is 7.32. The molecule has 0 aromatic heterocycles. The summed E-state index contributed by atoms with van der Waals surface area (Å²) < 4.78 is 0. The Morgan fingerprint density at radius 3 is 2.47 bits per heavy atom. The quantitative estimate of drug-likeness (QED) is 0.331. The first-order valence-corrected chi connectivity index (χ1v) is 11.4. The van der Waals surface area contributed by atoms with Crippen LogP contribution in [0.4, 0.5) is 5.69 Å². The highest BCUT2D eigenvalue weighted by atomic mass is 14.6. The molecule has 32 heavy (non-hydrogen) atoms. The summed E-state index contributed by atoms with van der Waals surface area (Å²) in [7, 11) is 0. The van der Waals surface area contributed by atoms with Gasteiger partial charge in [-0.25, -0.2) is 0 Å². The Labute approximate surface area is 189 Å². The van der Waals surface area contributed by atoms with E-state index < -0.39 is 0 Å². The number of nitrogen functional groups attached to an aromatic ring is 1. The van der Waals surface area contributed by atoms with E-state index in [9.17, 15) is 0 Å². The van der Waals surface area contributed by atoms with E-state index in [-0.39, 0.29) is 5.41 Å². The second-order valence-electron chi connectivity index (χ2n) is 9.57. The predicted octanol–water partition coefficient (Wildman–Crippen LogP) is 8.00. The number of allylic oxidation sites excluding steroid dienone is 4. The van der Waals surface area contributed by atoms with Crippen LogP contribution in [-0.4, -0.2) is 0 Å². The summed E-state index contributed by atoms with van der Waals surface area (Å²) in [5.74, 6) is 0.400. The summed E-state index contributed by atoms with van der Waals surface area (Å²) in [6.45, 7) is 4.71. The lowest BCUT2D eigenvalue weighted by atomic mass is 9.79. The number of nitrogens with two attached hydrogens (primary N) is 1. The molecule has 1 nitrogen and oxygen atoms in total. The summed E-state index contributed by atoms with van der Waals surface area (Å²) in [6.07, 6.45) is 9.85. The minimum Gasteiger partial charge on any atom is -0.398 e. The molecule has 0 fully saturated rings. The van der Waals surface area contributed by atoms with Crippen LogP contribution in [0.5, 0.6) is 0 Å². The standard InChI is InChI=1S/C31H27N/c1-31(2)27-15-9-8-14-24(27)29-26(19-22-12-6-7-13-23(22)30(29)31)25-18-21(16-17-28(25)32)20-10-4-3-5-11-20/h3-10,12-20H,11,32H2,1-2H3. The minimum absolute atomic E-state index is 0.0647. The Morgan fingerprint density at radius 1 is 0.812 bits per heavy atom. The highest BCUT2D eigenvalue weighted by molar-refractivity contribution is 6.06. The van der Waals surface area contributed by atoms with Crippen molar-refractivity contribution in [3.05, 3.63) is 114 Å². The van der Waals surface area contributed by atoms with Crippen LogP contribution in [0.1, 0.15) is 42.9 Å². The van der Waals surface area contributed by atoms with Gasteiger partial charge in [-0.2, -0.15) is 0 Å². The fourth-order valence-electron chi connectivity index (χ4n) is 5.74. The number of fused-ring (bicyclic) bond motifs is 5. The topological polar surface area (TPSA) is 26.0 Å². The van der Waals surface area contributed by atoms with Crippen molar-refractivity contribution in [2.45, 2.75) is 31.6 Å². The summed E-state index contributed by atoms with van der Waals surface area (Å²) >= 11 is 0. The van der Waals surface area contributed by atoms with Crippen LogP contribution < -0.4 is 5.73 Å². The largest absolute Gasteiger partial charge is 0.398 e. The second kappa shape index (κ2) is 6.97. The van der Waals surface area contributed by atoms with Gasteiger partial charge >= 0.3 is 0 Å². The first kappa shape index (κ1) is 19.1. The van der Waals surface area contributed by atoms with Gasteiger partial charge in [0.2, 0.25) is 0 Å². The molecule has 0 spiro atoms. The molecule has 0 saturated carbocycles. The zero-order valence-electron chi connectivity index (χ0n) is 18.6.